The number of benzene rings is 3. The van der Waals surface area contributed by atoms with Crippen LogP contribution in [0.15, 0.2) is 69.9 Å². The van der Waals surface area contributed by atoms with Crippen molar-refractivity contribution in [3.05, 3.63) is 93.3 Å². The Hall–Kier alpha value is -4.32. The van der Waals surface area contributed by atoms with E-state index in [1.165, 1.54) is 18.2 Å². The second-order valence-corrected chi connectivity index (χ2v) is 10.5. The maximum absolute atomic E-state index is 14.2. The molecule has 1 aromatic heterocycles. The average molecular weight is 620 g/mol. The number of alkyl halides is 6. The normalized spacial score (nSPS) is 14.2. The fourth-order valence-electron chi connectivity index (χ4n) is 5.31. The lowest BCUT2D eigenvalue weighted by atomic mass is 9.90. The predicted molar refractivity (Wildman–Crippen MR) is 150 cm³/mol. The van der Waals surface area contributed by atoms with Gasteiger partial charge in [0.15, 0.2) is 0 Å². The minimum atomic E-state index is -5.22. The van der Waals surface area contributed by atoms with Gasteiger partial charge >= 0.3 is 23.9 Å². The zero-order valence-electron chi connectivity index (χ0n) is 23.5. The fourth-order valence-corrected chi connectivity index (χ4v) is 5.31. The van der Waals surface area contributed by atoms with Crippen LogP contribution in [0.1, 0.15) is 42.0 Å². The summed E-state index contributed by atoms with van der Waals surface area (Å²) in [7, 11) is 0. The highest BCUT2D eigenvalue weighted by Gasteiger charge is 2.39. The van der Waals surface area contributed by atoms with Crippen molar-refractivity contribution in [3.63, 3.8) is 0 Å². The fraction of sp³-hybridized carbons (Fsp3) is 0.312. The van der Waals surface area contributed by atoms with E-state index in [1.807, 2.05) is 0 Å². The van der Waals surface area contributed by atoms with Crippen molar-refractivity contribution in [2.75, 3.05) is 26.2 Å². The van der Waals surface area contributed by atoms with Gasteiger partial charge in [0.1, 0.15) is 23.7 Å². The molecule has 6 nitrogen and oxygen atoms in total. The SMILES string of the molecule is CC(=O)Oc1ccc2c(Cc3ccc(OCCN4CCCC4)cc3)c(-c3ccc(C(F)(F)F)cc3C(F)(F)F)c(=O)oc2c1. The van der Waals surface area contributed by atoms with Gasteiger partial charge in [-0.25, -0.2) is 4.79 Å². The Kier molecular flexibility index (Phi) is 8.73. The second kappa shape index (κ2) is 12.4. The zero-order chi connectivity index (χ0) is 31.6. The Morgan fingerprint density at radius 3 is 2.20 bits per heavy atom. The van der Waals surface area contributed by atoms with Gasteiger partial charge in [-0.15, -0.1) is 0 Å². The molecule has 1 aliphatic rings. The minimum absolute atomic E-state index is 0.0131. The molecule has 44 heavy (non-hydrogen) atoms. The quantitative estimate of drug-likeness (QED) is 0.0882. The van der Waals surface area contributed by atoms with Gasteiger partial charge < -0.3 is 13.9 Å². The molecule has 232 valence electrons. The van der Waals surface area contributed by atoms with Crippen molar-refractivity contribution in [2.45, 2.75) is 38.5 Å². The molecule has 2 heterocycles. The third-order valence-corrected chi connectivity index (χ3v) is 7.35. The highest BCUT2D eigenvalue weighted by Crippen LogP contribution is 2.42. The Bertz CT molecular complexity index is 1720. The molecule has 0 unspecified atom stereocenters. The minimum Gasteiger partial charge on any atom is -0.492 e. The highest BCUT2D eigenvalue weighted by molar-refractivity contribution is 5.89. The molecule has 4 aromatic rings. The maximum Gasteiger partial charge on any atom is 0.417 e. The van der Waals surface area contributed by atoms with Crippen molar-refractivity contribution in [2.24, 2.45) is 0 Å². The number of ether oxygens (including phenoxy) is 2. The molecule has 0 aliphatic carbocycles. The molecule has 1 saturated heterocycles. The smallest absolute Gasteiger partial charge is 0.417 e. The molecular formula is C32H27F6NO5. The lowest BCUT2D eigenvalue weighted by Gasteiger charge is -2.19. The summed E-state index contributed by atoms with van der Waals surface area (Å²) in [4.78, 5) is 27.1. The first-order chi connectivity index (χ1) is 20.8. The number of hydrogen-bond donors (Lipinski definition) is 0. The van der Waals surface area contributed by atoms with E-state index < -0.39 is 46.2 Å². The molecule has 0 saturated carbocycles. The summed E-state index contributed by atoms with van der Waals surface area (Å²) in [6, 6.07) is 12.0. The van der Waals surface area contributed by atoms with Crippen LogP contribution in [0.4, 0.5) is 26.3 Å². The zero-order valence-corrected chi connectivity index (χ0v) is 23.5. The van der Waals surface area contributed by atoms with Crippen molar-refractivity contribution in [3.8, 4) is 22.6 Å². The summed E-state index contributed by atoms with van der Waals surface area (Å²) in [5, 5.41) is 0.217. The lowest BCUT2D eigenvalue weighted by molar-refractivity contribution is -0.142. The van der Waals surface area contributed by atoms with Gasteiger partial charge in [0.05, 0.1) is 16.7 Å². The van der Waals surface area contributed by atoms with E-state index in [4.69, 9.17) is 13.9 Å². The molecular weight excluding hydrogens is 592 g/mol. The van der Waals surface area contributed by atoms with E-state index >= 15 is 0 Å². The van der Waals surface area contributed by atoms with Crippen LogP contribution in [0, 0.1) is 0 Å². The third-order valence-electron chi connectivity index (χ3n) is 7.35. The van der Waals surface area contributed by atoms with Crippen LogP contribution in [-0.4, -0.2) is 37.1 Å². The highest BCUT2D eigenvalue weighted by atomic mass is 19.4. The van der Waals surface area contributed by atoms with Crippen LogP contribution >= 0.6 is 0 Å². The van der Waals surface area contributed by atoms with Crippen LogP contribution in [0.2, 0.25) is 0 Å². The molecule has 1 fully saturated rings. The number of carbonyl (C=O) groups excluding carboxylic acids is 1. The van der Waals surface area contributed by atoms with E-state index in [0.29, 0.717) is 30.1 Å². The van der Waals surface area contributed by atoms with E-state index in [-0.39, 0.29) is 34.8 Å². The number of likely N-dealkylation sites (tertiary alicyclic amines) is 1. The van der Waals surface area contributed by atoms with Crippen LogP contribution in [0.5, 0.6) is 11.5 Å². The summed E-state index contributed by atoms with van der Waals surface area (Å²) < 4.78 is 98.8. The van der Waals surface area contributed by atoms with Crippen molar-refractivity contribution >= 4 is 16.9 Å². The second-order valence-electron chi connectivity index (χ2n) is 10.5. The number of fused-ring (bicyclic) bond motifs is 1. The van der Waals surface area contributed by atoms with Crippen LogP contribution in [-0.2, 0) is 23.6 Å². The van der Waals surface area contributed by atoms with Gasteiger partial charge in [-0.2, -0.15) is 26.3 Å². The third kappa shape index (κ3) is 7.07. The van der Waals surface area contributed by atoms with Crippen molar-refractivity contribution < 1.29 is 45.0 Å². The van der Waals surface area contributed by atoms with Gasteiger partial charge in [0, 0.05) is 30.5 Å². The van der Waals surface area contributed by atoms with Crippen molar-refractivity contribution in [1.29, 1.82) is 0 Å². The number of hydrogen-bond acceptors (Lipinski definition) is 6. The standard InChI is InChI=1S/C32H27F6NO5/c1-19(40)43-23-9-11-24-26(16-20-4-7-22(8-5-20)42-15-14-39-12-2-3-13-39)29(30(41)44-28(24)18-23)25-10-6-21(31(33,34)35)17-27(25)32(36,37)38/h4-11,17-18H,2-3,12-16H2,1H3. The van der Waals surface area contributed by atoms with E-state index in [9.17, 15) is 35.9 Å². The molecule has 0 bridgehead atoms. The van der Waals surface area contributed by atoms with E-state index in [1.54, 1.807) is 24.3 Å². The molecule has 0 spiro atoms. The van der Waals surface area contributed by atoms with Gasteiger partial charge in [-0.3, -0.25) is 9.69 Å². The molecule has 0 amide bonds. The number of nitrogens with zero attached hydrogens (tertiary/aromatic N) is 1. The Balaban J connectivity index is 1.58. The van der Waals surface area contributed by atoms with Crippen molar-refractivity contribution in [1.82, 2.24) is 4.90 Å². The largest absolute Gasteiger partial charge is 0.492 e. The Morgan fingerprint density at radius 1 is 0.886 bits per heavy atom. The van der Waals surface area contributed by atoms with Gasteiger partial charge in [-0.1, -0.05) is 18.2 Å². The molecule has 5 rings (SSSR count). The molecule has 3 aromatic carbocycles. The first-order valence-electron chi connectivity index (χ1n) is 13.8. The first-order valence-corrected chi connectivity index (χ1v) is 13.8. The monoisotopic (exact) mass is 619 g/mol. The summed E-state index contributed by atoms with van der Waals surface area (Å²) in [5.74, 6) is -0.0302. The molecule has 12 heteroatoms. The number of carbonyl (C=O) groups is 1. The van der Waals surface area contributed by atoms with E-state index in [0.717, 1.165) is 39.4 Å². The number of esters is 1. The van der Waals surface area contributed by atoms with Crippen LogP contribution in [0.25, 0.3) is 22.1 Å². The number of halogens is 6. The first kappa shape index (κ1) is 31.1. The van der Waals surface area contributed by atoms with Crippen LogP contribution < -0.4 is 15.1 Å². The van der Waals surface area contributed by atoms with Gasteiger partial charge in [0.2, 0.25) is 0 Å². The summed E-state index contributed by atoms with van der Waals surface area (Å²) in [6.07, 6.45) is -8.02. The molecule has 0 radical (unpaired) electrons. The summed E-state index contributed by atoms with van der Waals surface area (Å²) >= 11 is 0. The van der Waals surface area contributed by atoms with Crippen LogP contribution in [0.3, 0.4) is 0 Å². The topological polar surface area (TPSA) is 69.0 Å². The average Bonchev–Trinajstić information content (AvgIpc) is 3.46. The summed E-state index contributed by atoms with van der Waals surface area (Å²) in [5.41, 5.74) is -4.99. The lowest BCUT2D eigenvalue weighted by Crippen LogP contribution is -2.25. The van der Waals surface area contributed by atoms with E-state index in [2.05, 4.69) is 4.90 Å². The number of rotatable bonds is 8. The Morgan fingerprint density at radius 2 is 1.57 bits per heavy atom. The molecule has 1 aliphatic heterocycles. The Labute approximate surface area is 247 Å². The maximum atomic E-state index is 14.2. The summed E-state index contributed by atoms with van der Waals surface area (Å²) in [6.45, 7) is 4.48. The predicted octanol–water partition coefficient (Wildman–Crippen LogP) is 7.49. The molecule has 0 N–H and O–H groups in total. The van der Waals surface area contributed by atoms with Gasteiger partial charge in [0.25, 0.3) is 0 Å². The van der Waals surface area contributed by atoms with Gasteiger partial charge in [-0.05, 0) is 79.9 Å². The molecule has 0 atom stereocenters.